The number of rotatable bonds is 14. The van der Waals surface area contributed by atoms with E-state index in [0.717, 1.165) is 25.7 Å². The Morgan fingerprint density at radius 3 is 1.92 bits per heavy atom. The van der Waals surface area contributed by atoms with Gasteiger partial charge in [-0.2, -0.15) is 0 Å². The number of hydrogen-bond acceptors (Lipinski definition) is 9. The molecule has 2 rings (SSSR count). The zero-order valence-corrected chi connectivity index (χ0v) is 31.6. The van der Waals surface area contributed by atoms with Crippen LogP contribution in [0.3, 0.4) is 0 Å². The van der Waals surface area contributed by atoms with Crippen LogP contribution in [0.4, 0.5) is 0 Å². The third-order valence-electron chi connectivity index (χ3n) is 9.24. The Balaban J connectivity index is 2.60. The third kappa shape index (κ3) is 14.9. The Morgan fingerprint density at radius 1 is 0.731 bits per heavy atom. The lowest BCUT2D eigenvalue weighted by Crippen LogP contribution is -2.62. The zero-order chi connectivity index (χ0) is 38.8. The van der Waals surface area contributed by atoms with Crippen LogP contribution < -0.4 is 26.6 Å². The van der Waals surface area contributed by atoms with Gasteiger partial charge >= 0.3 is 5.97 Å². The quantitative estimate of drug-likeness (QED) is 0.110. The molecule has 1 fully saturated rings. The fourth-order valence-corrected chi connectivity index (χ4v) is 5.95. The summed E-state index contributed by atoms with van der Waals surface area (Å²) in [5.41, 5.74) is 0.690. The molecule has 0 saturated carbocycles. The van der Waals surface area contributed by atoms with E-state index >= 15 is 0 Å². The fraction of sp³-hybridized carbons (Fsp3) is 0.684. The maximum atomic E-state index is 14.0. The van der Waals surface area contributed by atoms with Crippen LogP contribution in [0.25, 0.3) is 0 Å². The summed E-state index contributed by atoms with van der Waals surface area (Å²) in [6.07, 6.45) is 3.15. The van der Waals surface area contributed by atoms with Gasteiger partial charge in [-0.05, 0) is 43.6 Å². The molecule has 7 N–H and O–H groups in total. The molecule has 1 saturated heterocycles. The molecule has 5 amide bonds. The van der Waals surface area contributed by atoms with E-state index in [1.165, 1.54) is 6.92 Å². The Bertz CT molecular complexity index is 1310. The van der Waals surface area contributed by atoms with E-state index in [0.29, 0.717) is 24.8 Å². The van der Waals surface area contributed by atoms with Crippen LogP contribution in [-0.4, -0.2) is 94.7 Å². The van der Waals surface area contributed by atoms with Crippen molar-refractivity contribution in [2.24, 2.45) is 11.8 Å². The van der Waals surface area contributed by atoms with Crippen molar-refractivity contribution >= 4 is 35.5 Å². The van der Waals surface area contributed by atoms with Crippen molar-refractivity contribution in [2.75, 3.05) is 6.61 Å². The van der Waals surface area contributed by atoms with Crippen LogP contribution in [0.2, 0.25) is 0 Å². The maximum absolute atomic E-state index is 14.0. The zero-order valence-electron chi connectivity index (χ0n) is 31.6. The minimum Gasteiger partial charge on any atom is -0.460 e. The second kappa shape index (κ2) is 22.8. The Labute approximate surface area is 308 Å². The van der Waals surface area contributed by atoms with Gasteiger partial charge in [-0.3, -0.25) is 24.0 Å². The number of cyclic esters (lactones) is 1. The van der Waals surface area contributed by atoms with E-state index in [1.54, 1.807) is 37.3 Å². The fourth-order valence-electron chi connectivity index (χ4n) is 5.95. The van der Waals surface area contributed by atoms with Crippen molar-refractivity contribution in [3.05, 3.63) is 35.9 Å². The number of nitrogens with one attached hydrogen (secondary N) is 5. The van der Waals surface area contributed by atoms with E-state index in [4.69, 9.17) is 4.74 Å². The number of benzene rings is 1. The van der Waals surface area contributed by atoms with Crippen molar-refractivity contribution in [3.8, 4) is 0 Å². The summed E-state index contributed by atoms with van der Waals surface area (Å²) in [6.45, 7) is 9.86. The lowest BCUT2D eigenvalue weighted by atomic mass is 9.97. The van der Waals surface area contributed by atoms with Gasteiger partial charge in [0.05, 0.1) is 19.1 Å². The lowest BCUT2D eigenvalue weighted by molar-refractivity contribution is -0.156. The summed E-state index contributed by atoms with van der Waals surface area (Å²) in [5, 5.41) is 33.6. The minimum absolute atomic E-state index is 0.00822. The average Bonchev–Trinajstić information content (AvgIpc) is 3.09. The van der Waals surface area contributed by atoms with Crippen LogP contribution in [0.15, 0.2) is 30.3 Å². The first-order valence-corrected chi connectivity index (χ1v) is 18.7. The molecule has 0 spiro atoms. The minimum atomic E-state index is -1.59. The Kier molecular flexibility index (Phi) is 19.3. The molecule has 1 aromatic rings. The summed E-state index contributed by atoms with van der Waals surface area (Å²) < 4.78 is 5.97. The van der Waals surface area contributed by atoms with Gasteiger partial charge in [0.25, 0.3) is 0 Å². The second-order valence-electron chi connectivity index (χ2n) is 14.3. The highest BCUT2D eigenvalue weighted by atomic mass is 16.5. The van der Waals surface area contributed by atoms with Gasteiger partial charge in [0, 0.05) is 6.42 Å². The van der Waals surface area contributed by atoms with E-state index < -0.39 is 90.4 Å². The van der Waals surface area contributed by atoms with Crippen LogP contribution in [0, 0.1) is 11.8 Å². The topological polar surface area (TPSA) is 212 Å². The third-order valence-corrected chi connectivity index (χ3v) is 9.24. The summed E-state index contributed by atoms with van der Waals surface area (Å²) in [6, 6.07) is 2.26. The van der Waals surface area contributed by atoms with Gasteiger partial charge in [-0.25, -0.2) is 4.79 Å². The maximum Gasteiger partial charge on any atom is 0.329 e. The van der Waals surface area contributed by atoms with E-state index in [1.807, 2.05) is 20.8 Å². The van der Waals surface area contributed by atoms with Crippen molar-refractivity contribution in [3.63, 3.8) is 0 Å². The molecule has 52 heavy (non-hydrogen) atoms. The van der Waals surface area contributed by atoms with Gasteiger partial charge < -0.3 is 41.5 Å². The lowest BCUT2D eigenvalue weighted by Gasteiger charge is -2.29. The summed E-state index contributed by atoms with van der Waals surface area (Å²) in [5.74, 6) is -5.04. The number of ether oxygens (including phenoxy) is 1. The molecule has 0 aromatic heterocycles. The first kappa shape index (κ1) is 44.1. The van der Waals surface area contributed by atoms with Gasteiger partial charge in [0.15, 0.2) is 0 Å². The van der Waals surface area contributed by atoms with E-state index in [2.05, 4.69) is 33.5 Å². The second-order valence-corrected chi connectivity index (χ2v) is 14.3. The number of hydrogen-bond donors (Lipinski definition) is 7. The molecule has 14 nitrogen and oxygen atoms in total. The van der Waals surface area contributed by atoms with Crippen molar-refractivity contribution in [1.29, 1.82) is 0 Å². The molecule has 8 atom stereocenters. The first-order chi connectivity index (χ1) is 24.7. The summed E-state index contributed by atoms with van der Waals surface area (Å²) in [7, 11) is 0. The van der Waals surface area contributed by atoms with Gasteiger partial charge in [0.2, 0.25) is 29.5 Å². The normalized spacial score (nSPS) is 25.6. The molecule has 1 heterocycles. The molecule has 3 unspecified atom stereocenters. The number of carbonyl (C=O) groups excluding carboxylic acids is 6. The highest BCUT2D eigenvalue weighted by Crippen LogP contribution is 2.18. The van der Waals surface area contributed by atoms with E-state index in [-0.39, 0.29) is 25.2 Å². The monoisotopic (exact) mass is 731 g/mol. The molecular weight excluding hydrogens is 670 g/mol. The number of unbranched alkanes of at least 4 members (excludes halogenated alkanes) is 4. The van der Waals surface area contributed by atoms with Gasteiger partial charge in [0.1, 0.15) is 36.3 Å². The molecule has 1 aliphatic rings. The Hall–Kier alpha value is -4.04. The largest absolute Gasteiger partial charge is 0.460 e. The number of aliphatic hydroxyl groups excluding tert-OH is 2. The summed E-state index contributed by atoms with van der Waals surface area (Å²) >= 11 is 0. The van der Waals surface area contributed by atoms with Crippen molar-refractivity contribution in [1.82, 2.24) is 26.6 Å². The molecule has 0 aliphatic carbocycles. The number of esters is 1. The first-order valence-electron chi connectivity index (χ1n) is 18.7. The van der Waals surface area contributed by atoms with Gasteiger partial charge in [-0.15, -0.1) is 0 Å². The molecule has 0 bridgehead atoms. The van der Waals surface area contributed by atoms with Crippen LogP contribution >= 0.6 is 0 Å². The molecule has 14 heteroatoms. The SMILES string of the molecule is CCCCCCCC1CC(=O)N[C@H](CC(C)C)C(=O)NC(CO)C(=O)N[C@H]([C@@H](C)O)C(=O)N[C@H](Cc2ccccc2)C(=O)NC([C@@H](C)CC)C(=O)O1. The Morgan fingerprint density at radius 2 is 1.33 bits per heavy atom. The van der Waals surface area contributed by atoms with Crippen LogP contribution in [-0.2, 0) is 39.9 Å². The predicted octanol–water partition coefficient (Wildman–Crippen LogP) is 1.79. The van der Waals surface area contributed by atoms with Crippen LogP contribution in [0.1, 0.15) is 105 Å². The highest BCUT2D eigenvalue weighted by Gasteiger charge is 2.36. The number of aliphatic hydroxyl groups is 2. The average molecular weight is 732 g/mol. The number of amides is 5. The molecule has 0 radical (unpaired) electrons. The van der Waals surface area contributed by atoms with Crippen molar-refractivity contribution < 1.29 is 43.7 Å². The smallest absolute Gasteiger partial charge is 0.329 e. The van der Waals surface area contributed by atoms with Crippen molar-refractivity contribution in [2.45, 2.75) is 148 Å². The molecule has 1 aliphatic heterocycles. The van der Waals surface area contributed by atoms with E-state index in [9.17, 15) is 39.0 Å². The highest BCUT2D eigenvalue weighted by molar-refractivity contribution is 5.96. The molecule has 292 valence electrons. The summed E-state index contributed by atoms with van der Waals surface area (Å²) in [4.78, 5) is 81.7. The standard InChI is InChI=1S/C38H61N5O9/c1-7-9-10-11-15-18-27-21-31(46)39-28(19-23(3)4)34(47)41-30(22-44)36(49)43-33(25(6)45)37(50)40-29(20-26-16-13-12-14-17-26)35(48)42-32(24(5)8-2)38(51)52-27/h12-14,16-17,23-25,27-30,32-33,44-45H,7-11,15,18-22H2,1-6H3,(H,39,46)(H,40,50)(H,41,47)(H,42,48)(H,43,49)/t24-,25+,27?,28+,29+,30?,32?,33+/m0/s1. The predicted molar refractivity (Wildman–Crippen MR) is 195 cm³/mol. The number of carbonyl (C=O) groups is 6. The molecular formula is C38H61N5O9. The van der Waals surface area contributed by atoms with Gasteiger partial charge in [-0.1, -0.05) is 97.1 Å². The molecule has 1 aromatic carbocycles. The van der Waals surface area contributed by atoms with Crippen LogP contribution in [0.5, 0.6) is 0 Å².